The Balaban J connectivity index is 0.00000272. The number of benzene rings is 1. The molecule has 0 amide bonds. The van der Waals surface area contributed by atoms with Crippen molar-refractivity contribution in [3.05, 3.63) is 35.7 Å². The molecule has 1 aromatic carbocycles. The van der Waals surface area contributed by atoms with Crippen LogP contribution < -0.4 is 4.74 Å². The molecule has 2 fully saturated rings. The van der Waals surface area contributed by atoms with Crippen molar-refractivity contribution < 1.29 is 4.74 Å². The molecule has 172 valence electrons. The zero-order valence-corrected chi connectivity index (χ0v) is 20.1. The van der Waals surface area contributed by atoms with E-state index in [1.807, 2.05) is 16.8 Å². The largest absolute Gasteiger partial charge is 0.497 e. The van der Waals surface area contributed by atoms with E-state index in [0.29, 0.717) is 0 Å². The lowest BCUT2D eigenvalue weighted by molar-refractivity contribution is 0.0609. The first-order chi connectivity index (χ1) is 14.5. The topological polar surface area (TPSA) is 59.3 Å². The highest BCUT2D eigenvalue weighted by Crippen LogP contribution is 2.32. The number of halogens is 1. The van der Waals surface area contributed by atoms with Crippen LogP contribution in [0.2, 0.25) is 0 Å². The summed E-state index contributed by atoms with van der Waals surface area (Å²) in [6, 6.07) is 9.19. The van der Waals surface area contributed by atoms with E-state index in [0.717, 1.165) is 43.8 Å². The second-order valence-electron chi connectivity index (χ2n) is 9.66. The van der Waals surface area contributed by atoms with E-state index >= 15 is 0 Å². The highest BCUT2D eigenvalue weighted by Gasteiger charge is 2.34. The van der Waals surface area contributed by atoms with Gasteiger partial charge in [-0.1, -0.05) is 31.4 Å². The Kier molecular flexibility index (Phi) is 7.94. The summed E-state index contributed by atoms with van der Waals surface area (Å²) in [4.78, 5) is 5.27. The molecule has 1 saturated carbocycles. The summed E-state index contributed by atoms with van der Waals surface area (Å²) >= 11 is 0. The van der Waals surface area contributed by atoms with Crippen molar-refractivity contribution in [3.63, 3.8) is 0 Å². The molecule has 0 spiro atoms. The number of aromatic nitrogens is 4. The predicted octanol–water partition coefficient (Wildman–Crippen LogP) is 3.90. The highest BCUT2D eigenvalue weighted by molar-refractivity contribution is 5.85. The van der Waals surface area contributed by atoms with Gasteiger partial charge in [-0.25, -0.2) is 4.68 Å². The van der Waals surface area contributed by atoms with Crippen LogP contribution in [0.4, 0.5) is 0 Å². The third-order valence-corrected chi connectivity index (χ3v) is 6.61. The molecular weight excluding hydrogens is 412 g/mol. The van der Waals surface area contributed by atoms with Crippen LogP contribution in [0.15, 0.2) is 24.3 Å². The van der Waals surface area contributed by atoms with Gasteiger partial charge >= 0.3 is 0 Å². The number of methoxy groups -OCH3 is 1. The summed E-state index contributed by atoms with van der Waals surface area (Å²) in [5.41, 5.74) is 1.04. The zero-order chi connectivity index (χ0) is 21.1. The Morgan fingerprint density at radius 3 is 2.19 bits per heavy atom. The number of tetrazole rings is 1. The maximum atomic E-state index is 5.38. The zero-order valence-electron chi connectivity index (χ0n) is 19.3. The fraction of sp³-hybridized carbons (Fsp3) is 0.696. The quantitative estimate of drug-likeness (QED) is 0.691. The van der Waals surface area contributed by atoms with Crippen LogP contribution in [0.25, 0.3) is 0 Å². The smallest absolute Gasteiger partial charge is 0.173 e. The van der Waals surface area contributed by atoms with Crippen molar-refractivity contribution >= 4 is 12.4 Å². The Labute approximate surface area is 192 Å². The summed E-state index contributed by atoms with van der Waals surface area (Å²) in [5, 5.41) is 12.9. The van der Waals surface area contributed by atoms with Crippen molar-refractivity contribution in [2.24, 2.45) is 0 Å². The summed E-state index contributed by atoms with van der Waals surface area (Å²) in [7, 11) is 1.71. The molecule has 1 atom stereocenters. The van der Waals surface area contributed by atoms with Gasteiger partial charge in [-0.2, -0.15) is 0 Å². The van der Waals surface area contributed by atoms with Crippen LogP contribution in [0.1, 0.15) is 70.3 Å². The third kappa shape index (κ3) is 5.38. The number of hydrogen-bond donors (Lipinski definition) is 0. The van der Waals surface area contributed by atoms with Crippen molar-refractivity contribution in [1.29, 1.82) is 0 Å². The molecule has 2 aromatic rings. The lowest BCUT2D eigenvalue weighted by Crippen LogP contribution is -2.52. The summed E-state index contributed by atoms with van der Waals surface area (Å²) in [6.07, 6.45) is 6.92. The van der Waals surface area contributed by atoms with E-state index in [4.69, 9.17) is 4.74 Å². The molecule has 1 saturated heterocycles. The summed E-state index contributed by atoms with van der Waals surface area (Å²) in [6.45, 7) is 10.8. The van der Waals surface area contributed by atoms with Crippen LogP contribution in [0.3, 0.4) is 0 Å². The Hall–Kier alpha value is -1.70. The lowest BCUT2D eigenvalue weighted by atomic mass is 9.93. The first kappa shape index (κ1) is 24.0. The fourth-order valence-electron chi connectivity index (χ4n) is 4.96. The monoisotopic (exact) mass is 448 g/mol. The standard InChI is InChI=1S/C23H36N6O.ClH/c1-23(2,3)29-22(24-25-26-29)21(18-10-12-20(30-4)13-11-18)28-16-14-27(15-17-28)19-8-6-5-7-9-19;/h10-13,19,21H,5-9,14-17H2,1-4H3;1H. The first-order valence-electron chi connectivity index (χ1n) is 11.4. The summed E-state index contributed by atoms with van der Waals surface area (Å²) < 4.78 is 7.36. The molecular formula is C23H37ClN6O. The van der Waals surface area contributed by atoms with Gasteiger partial charge in [-0.15, -0.1) is 17.5 Å². The van der Waals surface area contributed by atoms with E-state index in [2.05, 4.69) is 58.2 Å². The molecule has 7 nitrogen and oxygen atoms in total. The minimum Gasteiger partial charge on any atom is -0.497 e. The summed E-state index contributed by atoms with van der Waals surface area (Å²) in [5.74, 6) is 1.79. The SMILES string of the molecule is COc1ccc(C(c2nnnn2C(C)(C)C)N2CCN(C3CCCCC3)CC2)cc1.Cl. The molecule has 1 aliphatic heterocycles. The number of rotatable bonds is 5. The van der Waals surface area contributed by atoms with Crippen LogP contribution >= 0.6 is 12.4 Å². The normalized spacial score (nSPS) is 20.3. The van der Waals surface area contributed by atoms with Crippen LogP contribution in [0, 0.1) is 0 Å². The van der Waals surface area contributed by atoms with E-state index in [1.54, 1.807) is 7.11 Å². The second kappa shape index (κ2) is 10.3. The van der Waals surface area contributed by atoms with Crippen LogP contribution in [0.5, 0.6) is 5.75 Å². The average molecular weight is 449 g/mol. The van der Waals surface area contributed by atoms with E-state index in [9.17, 15) is 0 Å². The molecule has 31 heavy (non-hydrogen) atoms. The first-order valence-corrected chi connectivity index (χ1v) is 11.4. The Bertz CT molecular complexity index is 804. The molecule has 8 heteroatoms. The molecule has 1 unspecified atom stereocenters. The van der Waals surface area contributed by atoms with Gasteiger partial charge in [-0.3, -0.25) is 9.80 Å². The van der Waals surface area contributed by atoms with Gasteiger partial charge < -0.3 is 4.74 Å². The highest BCUT2D eigenvalue weighted by atomic mass is 35.5. The predicted molar refractivity (Wildman–Crippen MR) is 125 cm³/mol. The van der Waals surface area contributed by atoms with Crippen molar-refractivity contribution in [2.75, 3.05) is 33.3 Å². The third-order valence-electron chi connectivity index (χ3n) is 6.61. The van der Waals surface area contributed by atoms with Gasteiger partial charge in [0, 0.05) is 32.2 Å². The van der Waals surface area contributed by atoms with Gasteiger partial charge in [0.1, 0.15) is 5.75 Å². The second-order valence-corrected chi connectivity index (χ2v) is 9.66. The molecule has 2 aliphatic rings. The van der Waals surface area contributed by atoms with Gasteiger partial charge in [-0.05, 0) is 61.7 Å². The van der Waals surface area contributed by atoms with Crippen molar-refractivity contribution in [2.45, 2.75) is 70.5 Å². The van der Waals surface area contributed by atoms with Gasteiger partial charge in [0.25, 0.3) is 0 Å². The number of hydrogen-bond acceptors (Lipinski definition) is 6. The van der Waals surface area contributed by atoms with Gasteiger partial charge in [0.05, 0.1) is 18.7 Å². The lowest BCUT2D eigenvalue weighted by Gasteiger charge is -2.43. The van der Waals surface area contributed by atoms with E-state index in [1.165, 1.54) is 37.7 Å². The van der Waals surface area contributed by atoms with Gasteiger partial charge in [0.15, 0.2) is 5.82 Å². The molecule has 2 heterocycles. The maximum absolute atomic E-state index is 5.38. The molecule has 0 N–H and O–H groups in total. The minimum absolute atomic E-state index is 0. The number of nitrogens with zero attached hydrogens (tertiary/aromatic N) is 6. The number of piperazine rings is 1. The maximum Gasteiger partial charge on any atom is 0.173 e. The fourth-order valence-corrected chi connectivity index (χ4v) is 4.96. The van der Waals surface area contributed by atoms with E-state index < -0.39 is 0 Å². The minimum atomic E-state index is -0.173. The Morgan fingerprint density at radius 1 is 0.968 bits per heavy atom. The van der Waals surface area contributed by atoms with Crippen LogP contribution in [-0.4, -0.2) is 69.3 Å². The molecule has 0 radical (unpaired) electrons. The molecule has 0 bridgehead atoms. The number of ether oxygens (including phenoxy) is 1. The van der Waals surface area contributed by atoms with Crippen LogP contribution in [-0.2, 0) is 5.54 Å². The average Bonchev–Trinajstić information content (AvgIpc) is 3.26. The molecule has 1 aliphatic carbocycles. The molecule has 1 aromatic heterocycles. The van der Waals surface area contributed by atoms with Crippen molar-refractivity contribution in [1.82, 2.24) is 30.0 Å². The van der Waals surface area contributed by atoms with Gasteiger partial charge in [0.2, 0.25) is 0 Å². The molecule has 4 rings (SSSR count). The Morgan fingerprint density at radius 2 is 1.61 bits per heavy atom. The van der Waals surface area contributed by atoms with E-state index in [-0.39, 0.29) is 24.0 Å². The van der Waals surface area contributed by atoms with Crippen molar-refractivity contribution in [3.8, 4) is 5.75 Å².